The zero-order valence-corrected chi connectivity index (χ0v) is 27.0. The van der Waals surface area contributed by atoms with Crippen LogP contribution in [0.15, 0.2) is 55.0 Å². The Labute approximate surface area is 265 Å². The third-order valence-electron chi connectivity index (χ3n) is 8.85. The van der Waals surface area contributed by atoms with Crippen LogP contribution < -0.4 is 20.3 Å². The van der Waals surface area contributed by atoms with Gasteiger partial charge in [0.05, 0.1) is 25.0 Å². The summed E-state index contributed by atoms with van der Waals surface area (Å²) in [5.41, 5.74) is 4.61. The second-order valence-electron chi connectivity index (χ2n) is 13.1. The van der Waals surface area contributed by atoms with Crippen molar-refractivity contribution < 1.29 is 9.53 Å². The van der Waals surface area contributed by atoms with E-state index in [1.54, 1.807) is 31.8 Å². The van der Waals surface area contributed by atoms with Crippen LogP contribution in [0.5, 0.6) is 5.75 Å². The van der Waals surface area contributed by atoms with Gasteiger partial charge in [0.1, 0.15) is 17.8 Å². The molecule has 0 bridgehead atoms. The smallest absolute Gasteiger partial charge is 0.251 e. The highest BCUT2D eigenvalue weighted by molar-refractivity contribution is 5.95. The Bertz CT molecular complexity index is 1650. The molecule has 1 fully saturated rings. The van der Waals surface area contributed by atoms with Crippen molar-refractivity contribution in [3.8, 4) is 11.4 Å². The summed E-state index contributed by atoms with van der Waals surface area (Å²) >= 11 is 0. The first-order chi connectivity index (χ1) is 21.6. The average molecular weight is 610 g/mol. The fourth-order valence-electron chi connectivity index (χ4n) is 6.12. The van der Waals surface area contributed by atoms with E-state index < -0.39 is 0 Å². The third-order valence-corrected chi connectivity index (χ3v) is 8.85. The Morgan fingerprint density at radius 2 is 1.84 bits per heavy atom. The number of benzene rings is 2. The summed E-state index contributed by atoms with van der Waals surface area (Å²) < 4.78 is 7.67. The summed E-state index contributed by atoms with van der Waals surface area (Å²) in [4.78, 5) is 27.3. The van der Waals surface area contributed by atoms with Gasteiger partial charge >= 0.3 is 0 Å². The Morgan fingerprint density at radius 1 is 1.09 bits per heavy atom. The molecule has 0 unspecified atom stereocenters. The van der Waals surface area contributed by atoms with Gasteiger partial charge in [-0.05, 0) is 74.1 Å². The standard InChI is InChI=1S/C34H43N9O2/c1-7-27-31-40-36-21-43(31)28-19-35-33(39-30(28)42(27)20-22-8-11-24(12-9-22)34(2,3)4)38-26-13-10-23(18-29(26)45-6)32(44)37-25-14-16-41(5)17-15-25/h8-13,18-19,21,25,27H,7,14-17,20H2,1-6H3,(H,37,44)(H,35,38,39)/t27-/m1/s1. The second-order valence-corrected chi connectivity index (χ2v) is 13.1. The molecular weight excluding hydrogens is 566 g/mol. The Morgan fingerprint density at radius 3 is 2.53 bits per heavy atom. The van der Waals surface area contributed by atoms with Crippen molar-refractivity contribution in [3.63, 3.8) is 0 Å². The van der Waals surface area contributed by atoms with Gasteiger partial charge < -0.3 is 25.2 Å². The largest absolute Gasteiger partial charge is 0.495 e. The molecule has 2 aromatic carbocycles. The summed E-state index contributed by atoms with van der Waals surface area (Å²) in [6, 6.07) is 14.4. The normalized spacial score (nSPS) is 17.0. The van der Waals surface area contributed by atoms with Crippen LogP contribution in [0.3, 0.4) is 0 Å². The van der Waals surface area contributed by atoms with Crippen LogP contribution in [0, 0.1) is 0 Å². The van der Waals surface area contributed by atoms with Crippen LogP contribution in [0.25, 0.3) is 5.69 Å². The molecule has 11 nitrogen and oxygen atoms in total. The number of nitrogens with zero attached hydrogens (tertiary/aromatic N) is 7. The summed E-state index contributed by atoms with van der Waals surface area (Å²) in [6.07, 6.45) is 6.25. The molecule has 2 N–H and O–H groups in total. The highest BCUT2D eigenvalue weighted by atomic mass is 16.5. The lowest BCUT2D eigenvalue weighted by molar-refractivity contribution is 0.0916. The lowest BCUT2D eigenvalue weighted by Crippen LogP contribution is -2.43. The molecule has 4 heterocycles. The van der Waals surface area contributed by atoms with Crippen molar-refractivity contribution in [2.24, 2.45) is 0 Å². The number of anilines is 3. The van der Waals surface area contributed by atoms with Gasteiger partial charge in [0.15, 0.2) is 11.6 Å². The molecule has 1 atom stereocenters. The highest BCUT2D eigenvalue weighted by Crippen LogP contribution is 2.40. The first-order valence-electron chi connectivity index (χ1n) is 15.7. The summed E-state index contributed by atoms with van der Waals surface area (Å²) in [6.45, 7) is 11.4. The number of carbonyl (C=O) groups excluding carboxylic acids is 1. The maximum absolute atomic E-state index is 13.0. The molecule has 4 aromatic rings. The monoisotopic (exact) mass is 609 g/mol. The summed E-state index contributed by atoms with van der Waals surface area (Å²) in [5.74, 6) is 2.53. The fourth-order valence-corrected chi connectivity index (χ4v) is 6.12. The van der Waals surface area contributed by atoms with Gasteiger partial charge in [-0.25, -0.2) is 4.98 Å². The number of rotatable bonds is 8. The van der Waals surface area contributed by atoms with Crippen molar-refractivity contribution >= 4 is 23.4 Å². The van der Waals surface area contributed by atoms with E-state index in [-0.39, 0.29) is 23.4 Å². The molecule has 1 amide bonds. The number of amides is 1. The van der Waals surface area contributed by atoms with Crippen molar-refractivity contribution in [3.05, 3.63) is 77.5 Å². The Balaban J connectivity index is 1.27. The molecule has 236 valence electrons. The molecule has 45 heavy (non-hydrogen) atoms. The lowest BCUT2D eigenvalue weighted by atomic mass is 9.86. The molecule has 2 aliphatic heterocycles. The van der Waals surface area contributed by atoms with Gasteiger partial charge in [0.25, 0.3) is 5.91 Å². The van der Waals surface area contributed by atoms with Crippen LogP contribution in [-0.2, 0) is 12.0 Å². The first kappa shape index (κ1) is 30.5. The lowest BCUT2D eigenvalue weighted by Gasteiger charge is -2.37. The van der Waals surface area contributed by atoms with E-state index in [1.807, 2.05) is 10.6 Å². The minimum atomic E-state index is -0.0963. The van der Waals surface area contributed by atoms with Gasteiger partial charge in [0.2, 0.25) is 5.95 Å². The van der Waals surface area contributed by atoms with Crippen LogP contribution >= 0.6 is 0 Å². The summed E-state index contributed by atoms with van der Waals surface area (Å²) in [5, 5.41) is 15.2. The molecular formula is C34H43N9O2. The van der Waals surface area contributed by atoms with Crippen LogP contribution in [0.2, 0.25) is 0 Å². The number of ether oxygens (including phenoxy) is 1. The predicted molar refractivity (Wildman–Crippen MR) is 176 cm³/mol. The van der Waals surface area contributed by atoms with Gasteiger partial charge in [-0.1, -0.05) is 52.0 Å². The molecule has 2 aromatic heterocycles. The first-order valence-corrected chi connectivity index (χ1v) is 15.7. The van der Waals surface area contributed by atoms with E-state index in [2.05, 4.69) is 94.6 Å². The number of likely N-dealkylation sites (tertiary alicyclic amines) is 1. The molecule has 0 radical (unpaired) electrons. The minimum Gasteiger partial charge on any atom is -0.495 e. The van der Waals surface area contributed by atoms with E-state index in [9.17, 15) is 4.79 Å². The Hall–Kier alpha value is -4.51. The van der Waals surface area contributed by atoms with Gasteiger partial charge in [-0.2, -0.15) is 4.98 Å². The second kappa shape index (κ2) is 12.5. The van der Waals surface area contributed by atoms with Crippen molar-refractivity contribution in [1.82, 2.24) is 34.9 Å². The highest BCUT2D eigenvalue weighted by Gasteiger charge is 2.34. The van der Waals surface area contributed by atoms with Crippen molar-refractivity contribution in [1.29, 1.82) is 0 Å². The molecule has 6 rings (SSSR count). The van der Waals surface area contributed by atoms with Gasteiger partial charge in [-0.15, -0.1) is 10.2 Å². The topological polar surface area (TPSA) is 113 Å². The zero-order valence-electron chi connectivity index (χ0n) is 27.0. The van der Waals surface area contributed by atoms with Crippen LogP contribution in [0.4, 0.5) is 17.5 Å². The molecule has 0 spiro atoms. The van der Waals surface area contributed by atoms with Gasteiger partial charge in [0, 0.05) is 18.2 Å². The summed E-state index contributed by atoms with van der Waals surface area (Å²) in [7, 11) is 3.71. The maximum atomic E-state index is 13.0. The molecule has 0 aliphatic carbocycles. The molecule has 2 aliphatic rings. The fraction of sp³-hybridized carbons (Fsp3) is 0.441. The quantitative estimate of drug-likeness (QED) is 0.271. The molecule has 1 saturated heterocycles. The van der Waals surface area contributed by atoms with Gasteiger partial charge in [-0.3, -0.25) is 9.36 Å². The predicted octanol–water partition coefficient (Wildman–Crippen LogP) is 5.40. The number of fused-ring (bicyclic) bond motifs is 3. The number of aromatic nitrogens is 5. The van der Waals surface area contributed by atoms with E-state index in [4.69, 9.17) is 9.72 Å². The SMILES string of the molecule is CC[C@@H]1c2nncn2-c2cnc(Nc3ccc(C(=O)NC4CCN(C)CC4)cc3OC)nc2N1Cc1ccc(C(C)(C)C)cc1. The number of hydrogen-bond acceptors (Lipinski definition) is 9. The Kier molecular flexibility index (Phi) is 8.46. The number of nitrogens with one attached hydrogen (secondary N) is 2. The van der Waals surface area contributed by atoms with E-state index in [1.165, 1.54) is 11.1 Å². The molecule has 0 saturated carbocycles. The van der Waals surface area contributed by atoms with E-state index in [0.29, 0.717) is 29.5 Å². The number of methoxy groups -OCH3 is 1. The number of hydrogen-bond donors (Lipinski definition) is 2. The zero-order chi connectivity index (χ0) is 31.7. The molecule has 11 heteroatoms. The van der Waals surface area contributed by atoms with Crippen molar-refractivity contribution in [2.45, 2.75) is 71.0 Å². The third kappa shape index (κ3) is 6.35. The van der Waals surface area contributed by atoms with E-state index in [0.717, 1.165) is 49.7 Å². The number of carbonyl (C=O) groups is 1. The maximum Gasteiger partial charge on any atom is 0.251 e. The van der Waals surface area contributed by atoms with Crippen LogP contribution in [-0.4, -0.2) is 68.8 Å². The van der Waals surface area contributed by atoms with Crippen molar-refractivity contribution in [2.75, 3.05) is 37.5 Å². The number of piperidine rings is 1. The van der Waals surface area contributed by atoms with Crippen LogP contribution in [0.1, 0.15) is 80.3 Å². The van der Waals surface area contributed by atoms with E-state index >= 15 is 0 Å². The average Bonchev–Trinajstić information content (AvgIpc) is 3.52. The minimum absolute atomic E-state index is 0.0121.